The van der Waals surface area contributed by atoms with E-state index in [0.717, 1.165) is 12.1 Å². The van der Waals surface area contributed by atoms with Crippen molar-refractivity contribution < 1.29 is 22.8 Å². The number of ketones is 1. The van der Waals surface area contributed by atoms with Gasteiger partial charge in [-0.1, -0.05) is 12.1 Å². The van der Waals surface area contributed by atoms with Crippen molar-refractivity contribution in [2.45, 2.75) is 26.6 Å². The van der Waals surface area contributed by atoms with Crippen molar-refractivity contribution in [1.82, 2.24) is 29.7 Å². The van der Waals surface area contributed by atoms with Crippen LogP contribution in [0.5, 0.6) is 0 Å². The summed E-state index contributed by atoms with van der Waals surface area (Å²) < 4.78 is 42.1. The van der Waals surface area contributed by atoms with Crippen LogP contribution in [0.1, 0.15) is 33.1 Å². The van der Waals surface area contributed by atoms with Gasteiger partial charge in [-0.25, -0.2) is 4.68 Å². The largest absolute Gasteiger partial charge is 0.416 e. The minimum atomic E-state index is -4.52. The van der Waals surface area contributed by atoms with Crippen LogP contribution in [0.3, 0.4) is 0 Å². The molecule has 1 aromatic carbocycles. The molecule has 0 aliphatic rings. The number of fused-ring (bicyclic) bond motifs is 1. The molecular formula is C21H17F3N6O2. The molecule has 0 saturated carbocycles. The van der Waals surface area contributed by atoms with Crippen LogP contribution in [0.2, 0.25) is 0 Å². The quantitative estimate of drug-likeness (QED) is 0.379. The Kier molecular flexibility index (Phi) is 5.25. The van der Waals surface area contributed by atoms with Gasteiger partial charge < -0.3 is 5.32 Å². The Morgan fingerprint density at radius 2 is 1.84 bits per heavy atom. The van der Waals surface area contributed by atoms with Gasteiger partial charge in [-0.05, 0) is 44.2 Å². The fraction of sp³-hybridized carbons (Fsp3) is 0.190. The highest BCUT2D eigenvalue weighted by atomic mass is 19.4. The number of benzene rings is 1. The molecule has 0 saturated heterocycles. The van der Waals surface area contributed by atoms with E-state index in [1.165, 1.54) is 30.7 Å². The van der Waals surface area contributed by atoms with E-state index in [0.29, 0.717) is 11.5 Å². The Morgan fingerprint density at radius 3 is 2.59 bits per heavy atom. The molecule has 164 valence electrons. The van der Waals surface area contributed by atoms with Crippen LogP contribution in [-0.2, 0) is 17.5 Å². The van der Waals surface area contributed by atoms with E-state index >= 15 is 0 Å². The molecule has 1 amide bonds. The summed E-state index contributed by atoms with van der Waals surface area (Å²) in [5.41, 5.74) is 0.412. The Morgan fingerprint density at radius 1 is 1.06 bits per heavy atom. The number of rotatable bonds is 5. The summed E-state index contributed by atoms with van der Waals surface area (Å²) in [6.07, 6.45) is -2.79. The van der Waals surface area contributed by atoms with Crippen LogP contribution in [0.25, 0.3) is 11.3 Å². The molecule has 11 heteroatoms. The third kappa shape index (κ3) is 3.84. The zero-order chi connectivity index (χ0) is 23.0. The molecule has 0 fully saturated rings. The molecule has 0 aliphatic heterocycles. The normalized spacial score (nSPS) is 11.7. The van der Waals surface area contributed by atoms with Crippen LogP contribution in [0.15, 0.2) is 48.7 Å². The van der Waals surface area contributed by atoms with E-state index in [9.17, 15) is 22.8 Å². The SMILES string of the molecule is Cc1nn(-c2cccc(C(F)(F)F)c2)c(C)c1C(=O)C(=O)NCc1nnc2ccccn12. The summed E-state index contributed by atoms with van der Waals surface area (Å²) >= 11 is 0. The smallest absolute Gasteiger partial charge is 0.342 e. The van der Waals surface area contributed by atoms with Crippen molar-refractivity contribution >= 4 is 17.3 Å². The van der Waals surface area contributed by atoms with E-state index in [1.807, 2.05) is 0 Å². The molecule has 3 aromatic heterocycles. The summed E-state index contributed by atoms with van der Waals surface area (Å²) in [6.45, 7) is 3.01. The molecule has 0 unspecified atom stereocenters. The third-order valence-electron chi connectivity index (χ3n) is 4.93. The number of nitrogens with one attached hydrogen (secondary N) is 1. The molecular weight excluding hydrogens is 425 g/mol. The van der Waals surface area contributed by atoms with Crippen LogP contribution >= 0.6 is 0 Å². The average Bonchev–Trinajstić information content (AvgIpc) is 3.31. The van der Waals surface area contributed by atoms with Crippen molar-refractivity contribution in [1.29, 1.82) is 0 Å². The van der Waals surface area contributed by atoms with E-state index in [4.69, 9.17) is 0 Å². The van der Waals surface area contributed by atoms with E-state index in [1.54, 1.807) is 28.8 Å². The number of alkyl halides is 3. The number of nitrogens with zero attached hydrogens (tertiary/aromatic N) is 5. The number of carbonyl (C=O) groups is 2. The third-order valence-corrected chi connectivity index (χ3v) is 4.93. The number of aryl methyl sites for hydroxylation is 1. The van der Waals surface area contributed by atoms with Gasteiger partial charge in [0.25, 0.3) is 11.7 Å². The van der Waals surface area contributed by atoms with E-state index in [-0.39, 0.29) is 29.2 Å². The molecule has 0 spiro atoms. The maximum absolute atomic E-state index is 13.1. The van der Waals surface area contributed by atoms with E-state index < -0.39 is 23.4 Å². The highest BCUT2D eigenvalue weighted by Gasteiger charge is 2.31. The lowest BCUT2D eigenvalue weighted by molar-refractivity contribution is -0.137. The topological polar surface area (TPSA) is 94.2 Å². The minimum Gasteiger partial charge on any atom is -0.342 e. The summed E-state index contributed by atoms with van der Waals surface area (Å²) in [6, 6.07) is 9.90. The zero-order valence-electron chi connectivity index (χ0n) is 17.0. The molecule has 0 aliphatic carbocycles. The van der Waals surface area contributed by atoms with Gasteiger partial charge >= 0.3 is 6.18 Å². The summed E-state index contributed by atoms with van der Waals surface area (Å²) in [5, 5.41) is 14.6. The number of aromatic nitrogens is 5. The molecule has 0 bridgehead atoms. The Bertz CT molecular complexity index is 1340. The second kappa shape index (κ2) is 7.91. The van der Waals surface area contributed by atoms with Crippen LogP contribution in [0.4, 0.5) is 13.2 Å². The van der Waals surface area contributed by atoms with Gasteiger partial charge in [-0.2, -0.15) is 18.3 Å². The lowest BCUT2D eigenvalue weighted by atomic mass is 10.1. The Labute approximate surface area is 179 Å². The van der Waals surface area contributed by atoms with Gasteiger partial charge in [0, 0.05) is 6.20 Å². The highest BCUT2D eigenvalue weighted by Crippen LogP contribution is 2.31. The minimum absolute atomic E-state index is 0.0321. The lowest BCUT2D eigenvalue weighted by Gasteiger charge is -2.10. The van der Waals surface area contributed by atoms with Gasteiger partial charge in [0.2, 0.25) is 0 Å². The molecule has 0 atom stereocenters. The molecule has 4 aromatic rings. The second-order valence-corrected chi connectivity index (χ2v) is 7.06. The molecule has 3 heterocycles. The van der Waals surface area contributed by atoms with E-state index in [2.05, 4.69) is 20.6 Å². The van der Waals surface area contributed by atoms with Crippen molar-refractivity contribution in [2.75, 3.05) is 0 Å². The number of hydrogen-bond acceptors (Lipinski definition) is 5. The summed E-state index contributed by atoms with van der Waals surface area (Å²) in [7, 11) is 0. The number of hydrogen-bond donors (Lipinski definition) is 1. The fourth-order valence-corrected chi connectivity index (χ4v) is 3.40. The first-order chi connectivity index (χ1) is 15.2. The van der Waals surface area contributed by atoms with Gasteiger partial charge in [-0.15, -0.1) is 10.2 Å². The number of carbonyl (C=O) groups excluding carboxylic acids is 2. The standard InChI is InChI=1S/C21H17F3N6O2/c1-12-18(13(2)30(28-12)15-7-5-6-14(10-15)21(22,23)24)19(31)20(32)25-11-17-27-26-16-8-3-4-9-29(16)17/h3-10H,11H2,1-2H3,(H,25,32). The number of halogens is 3. The number of pyridine rings is 1. The Hall–Kier alpha value is -4.02. The maximum Gasteiger partial charge on any atom is 0.416 e. The highest BCUT2D eigenvalue weighted by molar-refractivity contribution is 6.43. The zero-order valence-corrected chi connectivity index (χ0v) is 17.0. The summed E-state index contributed by atoms with van der Waals surface area (Å²) in [4.78, 5) is 25.3. The van der Waals surface area contributed by atoms with Crippen molar-refractivity contribution in [2.24, 2.45) is 0 Å². The number of amides is 1. The molecule has 8 nitrogen and oxygen atoms in total. The predicted molar refractivity (Wildman–Crippen MR) is 107 cm³/mol. The molecule has 1 N–H and O–H groups in total. The lowest BCUT2D eigenvalue weighted by Crippen LogP contribution is -2.31. The average molecular weight is 442 g/mol. The second-order valence-electron chi connectivity index (χ2n) is 7.06. The van der Waals surface area contributed by atoms with Gasteiger partial charge in [-0.3, -0.25) is 14.0 Å². The first kappa shape index (κ1) is 21.2. The van der Waals surface area contributed by atoms with Crippen LogP contribution < -0.4 is 5.32 Å². The van der Waals surface area contributed by atoms with Gasteiger partial charge in [0.05, 0.1) is 34.7 Å². The molecule has 32 heavy (non-hydrogen) atoms. The molecule has 4 rings (SSSR count). The first-order valence-corrected chi connectivity index (χ1v) is 9.52. The van der Waals surface area contributed by atoms with Crippen molar-refractivity contribution in [3.63, 3.8) is 0 Å². The molecule has 0 radical (unpaired) electrons. The fourth-order valence-electron chi connectivity index (χ4n) is 3.40. The summed E-state index contributed by atoms with van der Waals surface area (Å²) in [5.74, 6) is -1.28. The number of Topliss-reactive ketones (excluding diaryl/α,β-unsaturated/α-hetero) is 1. The van der Waals surface area contributed by atoms with Crippen molar-refractivity contribution in [3.05, 3.63) is 77.0 Å². The first-order valence-electron chi connectivity index (χ1n) is 9.52. The van der Waals surface area contributed by atoms with Gasteiger partial charge in [0.15, 0.2) is 11.5 Å². The maximum atomic E-state index is 13.1. The predicted octanol–water partition coefficient (Wildman–Crippen LogP) is 3.05. The van der Waals surface area contributed by atoms with Crippen LogP contribution in [-0.4, -0.2) is 36.1 Å². The monoisotopic (exact) mass is 442 g/mol. The Balaban J connectivity index is 1.57. The van der Waals surface area contributed by atoms with Crippen molar-refractivity contribution in [3.8, 4) is 5.69 Å². The van der Waals surface area contributed by atoms with Crippen LogP contribution in [0, 0.1) is 13.8 Å². The van der Waals surface area contributed by atoms with Gasteiger partial charge in [0.1, 0.15) is 0 Å².